The molecule has 8 heteroatoms. The Morgan fingerprint density at radius 3 is 2.76 bits per heavy atom. The number of fused-ring (bicyclic) bond motifs is 1. The van der Waals surface area contributed by atoms with Crippen LogP contribution in [0.2, 0.25) is 0 Å². The molecule has 3 heterocycles. The first kappa shape index (κ1) is 17.6. The molecule has 2 aromatic heterocycles. The monoisotopic (exact) mass is 361 g/mol. The number of rotatable bonds is 6. The van der Waals surface area contributed by atoms with Crippen LogP contribution < -0.4 is 10.2 Å². The number of amides is 2. The second-order valence-corrected chi connectivity index (χ2v) is 7.00. The van der Waals surface area contributed by atoms with Crippen LogP contribution in [-0.2, 0) is 9.59 Å². The molecule has 7 nitrogen and oxygen atoms in total. The Morgan fingerprint density at radius 2 is 2.04 bits per heavy atom. The zero-order chi connectivity index (χ0) is 17.6. The minimum absolute atomic E-state index is 0.0455. The number of thiazole rings is 1. The van der Waals surface area contributed by atoms with Crippen molar-refractivity contribution >= 4 is 38.6 Å². The summed E-state index contributed by atoms with van der Waals surface area (Å²) in [6.45, 7) is 5.52. The summed E-state index contributed by atoms with van der Waals surface area (Å²) in [5.74, 6) is 0.00748. The van der Waals surface area contributed by atoms with Crippen LogP contribution in [-0.4, -0.2) is 59.4 Å². The smallest absolute Gasteiger partial charge is 0.223 e. The van der Waals surface area contributed by atoms with E-state index in [1.165, 1.54) is 0 Å². The first-order valence-electron chi connectivity index (χ1n) is 8.68. The number of hydrogen-bond donors (Lipinski definition) is 1. The van der Waals surface area contributed by atoms with Gasteiger partial charge in [-0.2, -0.15) is 0 Å². The highest BCUT2D eigenvalue weighted by atomic mass is 32.1. The summed E-state index contributed by atoms with van der Waals surface area (Å²) in [5, 5.41) is 3.76. The summed E-state index contributed by atoms with van der Waals surface area (Å²) in [4.78, 5) is 37.8. The molecule has 0 saturated carbocycles. The highest BCUT2D eigenvalue weighted by Gasteiger charge is 2.23. The first-order chi connectivity index (χ1) is 12.2. The van der Waals surface area contributed by atoms with Gasteiger partial charge in [-0.25, -0.2) is 9.97 Å². The Morgan fingerprint density at radius 1 is 1.24 bits per heavy atom. The van der Waals surface area contributed by atoms with Gasteiger partial charge in [0, 0.05) is 51.8 Å². The van der Waals surface area contributed by atoms with Crippen LogP contribution in [0.5, 0.6) is 0 Å². The van der Waals surface area contributed by atoms with E-state index in [2.05, 4.69) is 20.2 Å². The van der Waals surface area contributed by atoms with Crippen LogP contribution in [0.1, 0.15) is 26.2 Å². The normalized spacial score (nSPS) is 14.8. The van der Waals surface area contributed by atoms with Crippen molar-refractivity contribution in [1.29, 1.82) is 0 Å². The van der Waals surface area contributed by atoms with Gasteiger partial charge in [0.25, 0.3) is 0 Å². The predicted molar refractivity (Wildman–Crippen MR) is 98.7 cm³/mol. The van der Waals surface area contributed by atoms with Crippen molar-refractivity contribution in [2.45, 2.75) is 26.2 Å². The molecule has 0 radical (unpaired) electrons. The molecule has 0 bridgehead atoms. The molecule has 0 aliphatic carbocycles. The highest BCUT2D eigenvalue weighted by Crippen LogP contribution is 2.27. The molecule has 134 valence electrons. The average molecular weight is 361 g/mol. The summed E-state index contributed by atoms with van der Waals surface area (Å²) in [6.07, 6.45) is 3.23. The third-order valence-electron chi connectivity index (χ3n) is 4.20. The number of aromatic nitrogens is 2. The molecule has 0 aromatic carbocycles. The van der Waals surface area contributed by atoms with Gasteiger partial charge in [-0.15, -0.1) is 0 Å². The zero-order valence-electron chi connectivity index (χ0n) is 14.4. The van der Waals surface area contributed by atoms with E-state index in [0.29, 0.717) is 19.6 Å². The molecule has 0 atom stereocenters. The maximum Gasteiger partial charge on any atom is 0.223 e. The Balaban J connectivity index is 1.48. The third-order valence-corrected chi connectivity index (χ3v) is 5.24. The SMILES string of the molecule is CCCNC(=O)CCC(=O)N1CCN(c2nc3cccnc3s2)CC1. The topological polar surface area (TPSA) is 78.4 Å². The average Bonchev–Trinajstić information content (AvgIpc) is 3.08. The Bertz CT molecular complexity index is 706. The van der Waals surface area contributed by atoms with Crippen LogP contribution in [0.3, 0.4) is 0 Å². The van der Waals surface area contributed by atoms with Gasteiger partial charge in [-0.1, -0.05) is 18.3 Å². The molecule has 1 fully saturated rings. The second kappa shape index (κ2) is 8.24. The maximum absolute atomic E-state index is 12.3. The van der Waals surface area contributed by atoms with Crippen LogP contribution in [0, 0.1) is 0 Å². The van der Waals surface area contributed by atoms with Crippen molar-refractivity contribution in [2.24, 2.45) is 0 Å². The van der Waals surface area contributed by atoms with E-state index in [1.807, 2.05) is 24.0 Å². The number of carbonyl (C=O) groups is 2. The molecule has 2 amide bonds. The molecule has 1 saturated heterocycles. The molecule has 0 spiro atoms. The number of anilines is 1. The van der Waals surface area contributed by atoms with Crippen molar-refractivity contribution < 1.29 is 9.59 Å². The lowest BCUT2D eigenvalue weighted by atomic mass is 10.2. The summed E-state index contributed by atoms with van der Waals surface area (Å²) in [7, 11) is 0. The van der Waals surface area contributed by atoms with Crippen LogP contribution in [0.15, 0.2) is 18.3 Å². The van der Waals surface area contributed by atoms with E-state index in [1.54, 1.807) is 17.5 Å². The molecule has 1 aliphatic heterocycles. The second-order valence-electron chi connectivity index (χ2n) is 6.04. The van der Waals surface area contributed by atoms with Crippen molar-refractivity contribution in [3.63, 3.8) is 0 Å². The molecular weight excluding hydrogens is 338 g/mol. The van der Waals surface area contributed by atoms with E-state index in [-0.39, 0.29) is 24.7 Å². The lowest BCUT2D eigenvalue weighted by molar-refractivity contribution is -0.133. The minimum Gasteiger partial charge on any atom is -0.356 e. The number of pyridine rings is 1. The molecule has 1 N–H and O–H groups in total. The van der Waals surface area contributed by atoms with Gasteiger partial charge in [0.15, 0.2) is 5.13 Å². The van der Waals surface area contributed by atoms with E-state index < -0.39 is 0 Å². The molecule has 2 aromatic rings. The van der Waals surface area contributed by atoms with Crippen LogP contribution in [0.25, 0.3) is 10.3 Å². The van der Waals surface area contributed by atoms with Gasteiger partial charge in [0.1, 0.15) is 10.3 Å². The highest BCUT2D eigenvalue weighted by molar-refractivity contribution is 7.21. The van der Waals surface area contributed by atoms with Crippen LogP contribution >= 0.6 is 11.3 Å². The zero-order valence-corrected chi connectivity index (χ0v) is 15.2. The molecule has 3 rings (SSSR count). The fourth-order valence-corrected chi connectivity index (χ4v) is 3.73. The number of nitrogens with one attached hydrogen (secondary N) is 1. The van der Waals surface area contributed by atoms with Crippen molar-refractivity contribution in [1.82, 2.24) is 20.2 Å². The Labute approximate surface area is 151 Å². The number of carbonyl (C=O) groups excluding carboxylic acids is 2. The predicted octanol–water partition coefficient (Wildman–Crippen LogP) is 1.65. The number of piperazine rings is 1. The minimum atomic E-state index is -0.0455. The Hall–Kier alpha value is -2.22. The number of nitrogens with zero attached hydrogens (tertiary/aromatic N) is 4. The summed E-state index contributed by atoms with van der Waals surface area (Å²) in [6, 6.07) is 3.85. The molecule has 0 unspecified atom stereocenters. The van der Waals surface area contributed by atoms with Gasteiger partial charge < -0.3 is 15.1 Å². The molecule has 25 heavy (non-hydrogen) atoms. The van der Waals surface area contributed by atoms with Gasteiger partial charge in [0.05, 0.1) is 0 Å². The van der Waals surface area contributed by atoms with Gasteiger partial charge in [0.2, 0.25) is 11.8 Å². The van der Waals surface area contributed by atoms with Gasteiger partial charge >= 0.3 is 0 Å². The maximum atomic E-state index is 12.3. The quantitative estimate of drug-likeness (QED) is 0.846. The van der Waals surface area contributed by atoms with E-state index in [0.717, 1.165) is 35.0 Å². The summed E-state index contributed by atoms with van der Waals surface area (Å²) < 4.78 is 0. The lowest BCUT2D eigenvalue weighted by Crippen LogP contribution is -2.48. The van der Waals surface area contributed by atoms with Gasteiger partial charge in [-0.3, -0.25) is 9.59 Å². The fourth-order valence-electron chi connectivity index (χ4n) is 2.77. The third kappa shape index (κ3) is 4.45. The number of hydrogen-bond acceptors (Lipinski definition) is 6. The fraction of sp³-hybridized carbons (Fsp3) is 0.529. The van der Waals surface area contributed by atoms with Crippen molar-refractivity contribution in [3.8, 4) is 0 Å². The first-order valence-corrected chi connectivity index (χ1v) is 9.50. The van der Waals surface area contributed by atoms with Crippen LogP contribution in [0.4, 0.5) is 5.13 Å². The van der Waals surface area contributed by atoms with E-state index >= 15 is 0 Å². The largest absolute Gasteiger partial charge is 0.356 e. The molecular formula is C17H23N5O2S. The lowest BCUT2D eigenvalue weighted by Gasteiger charge is -2.34. The molecule has 1 aliphatic rings. The van der Waals surface area contributed by atoms with Gasteiger partial charge in [-0.05, 0) is 18.6 Å². The standard InChI is InChI=1S/C17H23N5O2S/c1-2-7-18-14(23)5-6-15(24)21-9-11-22(12-10-21)17-20-13-4-3-8-19-16(13)25-17/h3-4,8H,2,5-7,9-12H2,1H3,(H,18,23). The van der Waals surface area contributed by atoms with Crippen molar-refractivity contribution in [2.75, 3.05) is 37.6 Å². The summed E-state index contributed by atoms with van der Waals surface area (Å²) in [5.41, 5.74) is 0.916. The summed E-state index contributed by atoms with van der Waals surface area (Å²) >= 11 is 1.58. The van der Waals surface area contributed by atoms with E-state index in [9.17, 15) is 9.59 Å². The van der Waals surface area contributed by atoms with E-state index in [4.69, 9.17) is 0 Å². The Kier molecular flexibility index (Phi) is 5.80. The van der Waals surface area contributed by atoms with Crippen molar-refractivity contribution in [3.05, 3.63) is 18.3 Å².